The van der Waals surface area contributed by atoms with Gasteiger partial charge in [-0.05, 0) is 12.1 Å². The van der Waals surface area contributed by atoms with E-state index < -0.39 is 9.84 Å². The maximum atomic E-state index is 11.0. The van der Waals surface area contributed by atoms with E-state index in [1.54, 1.807) is 0 Å². The van der Waals surface area contributed by atoms with Crippen LogP contribution < -0.4 is 5.73 Å². The molecule has 13 heavy (non-hydrogen) atoms. The van der Waals surface area contributed by atoms with Crippen molar-refractivity contribution in [3.63, 3.8) is 0 Å². The van der Waals surface area contributed by atoms with Gasteiger partial charge in [-0.3, -0.25) is 5.41 Å². The Morgan fingerprint density at radius 2 is 2.08 bits per heavy atom. The quantitative estimate of drug-likeness (QED) is 0.594. The van der Waals surface area contributed by atoms with E-state index in [-0.39, 0.29) is 22.5 Å². The number of rotatable bonds is 2. The minimum Gasteiger partial charge on any atom is -0.383 e. The zero-order chi connectivity index (χ0) is 9.35. The van der Waals surface area contributed by atoms with Gasteiger partial charge < -0.3 is 5.73 Å². The molecule has 1 aromatic rings. The van der Waals surface area contributed by atoms with Gasteiger partial charge in [-0.1, -0.05) is 0 Å². The Labute approximate surface area is 86.6 Å². The van der Waals surface area contributed by atoms with Crippen molar-refractivity contribution in [1.82, 2.24) is 0 Å². The average molecular weight is 241 g/mol. The number of halogens is 1. The first-order chi connectivity index (χ1) is 5.41. The van der Waals surface area contributed by atoms with Crippen LogP contribution in [0, 0.1) is 5.41 Å². The Kier molecular flexibility index (Phi) is 3.89. The van der Waals surface area contributed by atoms with E-state index in [1.807, 2.05) is 0 Å². The maximum absolute atomic E-state index is 11.0. The summed E-state index contributed by atoms with van der Waals surface area (Å²) < 4.78 is 22.2. The van der Waals surface area contributed by atoms with Gasteiger partial charge >= 0.3 is 0 Å². The molecule has 0 spiro atoms. The van der Waals surface area contributed by atoms with Crippen molar-refractivity contribution >= 4 is 39.4 Å². The van der Waals surface area contributed by atoms with Crippen LogP contribution in [0.25, 0.3) is 0 Å². The molecule has 0 radical (unpaired) electrons. The van der Waals surface area contributed by atoms with Crippen molar-refractivity contribution in [2.75, 3.05) is 6.26 Å². The van der Waals surface area contributed by atoms with Crippen molar-refractivity contribution in [2.45, 2.75) is 4.21 Å². The zero-order valence-electron chi connectivity index (χ0n) is 6.77. The van der Waals surface area contributed by atoms with Crippen LogP contribution in [0.4, 0.5) is 0 Å². The van der Waals surface area contributed by atoms with Gasteiger partial charge in [-0.25, -0.2) is 8.42 Å². The van der Waals surface area contributed by atoms with E-state index >= 15 is 0 Å². The average Bonchev–Trinajstić information content (AvgIpc) is 2.30. The summed E-state index contributed by atoms with van der Waals surface area (Å²) in [7, 11) is -3.15. The van der Waals surface area contributed by atoms with E-state index in [9.17, 15) is 8.42 Å². The van der Waals surface area contributed by atoms with Crippen LogP contribution in [-0.2, 0) is 9.84 Å². The fourth-order valence-electron chi connectivity index (χ4n) is 0.664. The van der Waals surface area contributed by atoms with Crippen molar-refractivity contribution in [3.05, 3.63) is 17.0 Å². The third-order valence-corrected chi connectivity index (χ3v) is 4.15. The molecule has 1 rings (SSSR count). The molecular formula is C6H9ClN2O2S2. The number of sulfone groups is 1. The van der Waals surface area contributed by atoms with Crippen LogP contribution in [0.3, 0.4) is 0 Å². The van der Waals surface area contributed by atoms with Gasteiger partial charge in [-0.15, -0.1) is 23.7 Å². The molecule has 74 valence electrons. The van der Waals surface area contributed by atoms with E-state index in [0.717, 1.165) is 17.6 Å². The fourth-order valence-corrected chi connectivity index (χ4v) is 2.45. The number of hydrogen-bond acceptors (Lipinski definition) is 4. The molecule has 0 aromatic carbocycles. The summed E-state index contributed by atoms with van der Waals surface area (Å²) in [5, 5.41) is 7.05. The predicted octanol–water partition coefficient (Wildman–Crippen LogP) is 0.857. The summed E-state index contributed by atoms with van der Waals surface area (Å²) >= 11 is 1.01. The van der Waals surface area contributed by atoms with E-state index in [0.29, 0.717) is 4.88 Å². The lowest BCUT2D eigenvalue weighted by molar-refractivity contribution is 0.604. The highest BCUT2D eigenvalue weighted by Crippen LogP contribution is 2.20. The van der Waals surface area contributed by atoms with Crippen molar-refractivity contribution < 1.29 is 8.42 Å². The van der Waals surface area contributed by atoms with E-state index in [2.05, 4.69) is 0 Å². The van der Waals surface area contributed by atoms with Crippen LogP contribution in [-0.4, -0.2) is 20.5 Å². The minimum absolute atomic E-state index is 0. The largest absolute Gasteiger partial charge is 0.383 e. The Morgan fingerprint density at radius 3 is 2.31 bits per heavy atom. The number of nitrogens with two attached hydrogens (primary N) is 1. The molecule has 0 atom stereocenters. The third-order valence-electron chi connectivity index (χ3n) is 1.21. The van der Waals surface area contributed by atoms with Gasteiger partial charge in [0.2, 0.25) is 0 Å². The van der Waals surface area contributed by atoms with Crippen LogP contribution >= 0.6 is 23.7 Å². The van der Waals surface area contributed by atoms with Gasteiger partial charge in [0, 0.05) is 6.26 Å². The van der Waals surface area contributed by atoms with Crippen molar-refractivity contribution in [3.8, 4) is 0 Å². The summed E-state index contributed by atoms with van der Waals surface area (Å²) in [6.45, 7) is 0. The number of nitrogens with one attached hydrogen (secondary N) is 1. The molecule has 1 aromatic heterocycles. The van der Waals surface area contributed by atoms with Gasteiger partial charge in [0.25, 0.3) is 0 Å². The molecule has 0 saturated heterocycles. The highest BCUT2D eigenvalue weighted by Gasteiger charge is 2.11. The molecule has 0 aliphatic carbocycles. The normalized spacial score (nSPS) is 10.5. The number of amidine groups is 1. The third kappa shape index (κ3) is 2.98. The van der Waals surface area contributed by atoms with Crippen LogP contribution in [0.1, 0.15) is 4.88 Å². The topological polar surface area (TPSA) is 84.0 Å². The minimum atomic E-state index is -3.15. The monoisotopic (exact) mass is 240 g/mol. The summed E-state index contributed by atoms with van der Waals surface area (Å²) in [5.74, 6) is -0.102. The first-order valence-corrected chi connectivity index (χ1v) is 5.76. The van der Waals surface area contributed by atoms with Gasteiger partial charge in [0.1, 0.15) is 10.0 Å². The van der Waals surface area contributed by atoms with Crippen LogP contribution in [0.15, 0.2) is 16.3 Å². The molecule has 0 amide bonds. The summed E-state index contributed by atoms with van der Waals surface area (Å²) in [5.41, 5.74) is 5.17. The van der Waals surface area contributed by atoms with Crippen molar-refractivity contribution in [1.29, 1.82) is 5.41 Å². The molecule has 0 aliphatic heterocycles. The molecule has 4 nitrogen and oxygen atoms in total. The summed E-state index contributed by atoms with van der Waals surface area (Å²) in [4.78, 5) is 0.482. The second kappa shape index (κ2) is 4.08. The fraction of sp³-hybridized carbons (Fsp3) is 0.167. The van der Waals surface area contributed by atoms with E-state index in [1.165, 1.54) is 12.1 Å². The Hall–Kier alpha value is -0.590. The smallest absolute Gasteiger partial charge is 0.184 e. The maximum Gasteiger partial charge on any atom is 0.184 e. The number of thiophene rings is 1. The standard InChI is InChI=1S/C6H8N2O2S2.ClH/c1-12(9,10)5-3-2-4(11-5)6(7)8;/h2-3H,1H3,(H3,7,8);1H. The summed E-state index contributed by atoms with van der Waals surface area (Å²) in [6, 6.07) is 2.99. The first-order valence-electron chi connectivity index (χ1n) is 3.05. The molecule has 0 unspecified atom stereocenters. The SMILES string of the molecule is CS(=O)(=O)c1ccc(C(=N)N)s1.Cl. The molecule has 1 heterocycles. The number of nitrogen functional groups attached to an aromatic ring is 1. The van der Waals surface area contributed by atoms with Gasteiger partial charge in [-0.2, -0.15) is 0 Å². The van der Waals surface area contributed by atoms with Crippen LogP contribution in [0.5, 0.6) is 0 Å². The predicted molar refractivity (Wildman–Crippen MR) is 55.7 cm³/mol. The zero-order valence-corrected chi connectivity index (χ0v) is 9.22. The second-order valence-corrected chi connectivity index (χ2v) is 5.63. The van der Waals surface area contributed by atoms with Gasteiger partial charge in [0.15, 0.2) is 9.84 Å². The van der Waals surface area contributed by atoms with Crippen molar-refractivity contribution in [2.24, 2.45) is 5.73 Å². The Balaban J connectivity index is 0.00000144. The van der Waals surface area contributed by atoms with Crippen LogP contribution in [0.2, 0.25) is 0 Å². The lowest BCUT2D eigenvalue weighted by atomic mass is 10.4. The molecule has 0 fully saturated rings. The highest BCUT2D eigenvalue weighted by atomic mass is 35.5. The molecule has 0 bridgehead atoms. The Bertz CT molecular complexity index is 410. The lowest BCUT2D eigenvalue weighted by Gasteiger charge is -1.89. The number of hydrogen-bond donors (Lipinski definition) is 2. The summed E-state index contributed by atoms with van der Waals surface area (Å²) in [6.07, 6.45) is 1.13. The highest BCUT2D eigenvalue weighted by molar-refractivity contribution is 7.92. The molecule has 0 saturated carbocycles. The Morgan fingerprint density at radius 1 is 1.54 bits per heavy atom. The van der Waals surface area contributed by atoms with E-state index in [4.69, 9.17) is 11.1 Å². The first kappa shape index (κ1) is 12.4. The molecule has 0 aliphatic rings. The molecule has 7 heteroatoms. The lowest BCUT2D eigenvalue weighted by Crippen LogP contribution is -2.08. The molecular weight excluding hydrogens is 232 g/mol. The molecule has 3 N–H and O–H groups in total. The van der Waals surface area contributed by atoms with Gasteiger partial charge in [0.05, 0.1) is 4.88 Å². The second-order valence-electron chi connectivity index (χ2n) is 2.30.